The van der Waals surface area contributed by atoms with Crippen LogP contribution in [0.3, 0.4) is 0 Å². The molecule has 0 aromatic carbocycles. The van der Waals surface area contributed by atoms with E-state index in [-0.39, 0.29) is 17.2 Å². The Kier molecular flexibility index (Phi) is 8.63. The van der Waals surface area contributed by atoms with Crippen molar-refractivity contribution in [1.82, 2.24) is 20.2 Å². The number of nitrogens with zero attached hydrogens (tertiary/aromatic N) is 4. The van der Waals surface area contributed by atoms with E-state index >= 15 is 0 Å². The standard InChI is InChI=1S/C21H23N7O5S4/c1-9-24-11(7-34-6-5-22)21(36-9)37-12-8-35-19-15(18(30)28(19)16(12)20(31)32)26-17(29)14(27-33)10-3-2-4-13(23)25-10/h2-4,15,19,33H,5-8,22H2,1H3,(H2,23,25)(H,26,29)(H,31,32)/b27-14+/t15-,19-/m1/s1. The molecule has 2 atom stereocenters. The third-order valence-electron chi connectivity index (χ3n) is 5.24. The smallest absolute Gasteiger partial charge is 0.353 e. The number of aliphatic carboxylic acids is 1. The molecule has 0 radical (unpaired) electrons. The van der Waals surface area contributed by atoms with Gasteiger partial charge in [-0.1, -0.05) is 23.0 Å². The fourth-order valence-corrected chi connectivity index (χ4v) is 8.42. The SMILES string of the molecule is Cc1nc(CSCCN)c(SC2=C(C(=O)O)N3C(=O)[C@@H](NC(=O)/C(=N/O)c4cccc(N)n4)[C@H]3SC2)s1. The van der Waals surface area contributed by atoms with Crippen LogP contribution in [0.5, 0.6) is 0 Å². The highest BCUT2D eigenvalue weighted by Crippen LogP contribution is 2.47. The number of thiazole rings is 1. The van der Waals surface area contributed by atoms with Crippen molar-refractivity contribution in [2.75, 3.05) is 23.8 Å². The van der Waals surface area contributed by atoms with Crippen LogP contribution in [0.25, 0.3) is 0 Å². The largest absolute Gasteiger partial charge is 0.477 e. The maximum absolute atomic E-state index is 13.0. The number of nitrogens with two attached hydrogens (primary N) is 2. The topological polar surface area (TPSA) is 197 Å². The van der Waals surface area contributed by atoms with Crippen LogP contribution in [0.1, 0.15) is 16.4 Å². The van der Waals surface area contributed by atoms with Crippen molar-refractivity contribution in [3.8, 4) is 0 Å². The van der Waals surface area contributed by atoms with Gasteiger partial charge in [0.05, 0.1) is 14.9 Å². The number of carboxylic acids is 1. The van der Waals surface area contributed by atoms with Gasteiger partial charge in [0.1, 0.15) is 28.6 Å². The van der Waals surface area contributed by atoms with Gasteiger partial charge in [0.25, 0.3) is 11.8 Å². The number of aryl methyl sites for hydroxylation is 1. The Balaban J connectivity index is 1.52. The van der Waals surface area contributed by atoms with E-state index in [1.807, 2.05) is 6.92 Å². The van der Waals surface area contributed by atoms with Gasteiger partial charge in [0.15, 0.2) is 5.71 Å². The van der Waals surface area contributed by atoms with Crippen molar-refractivity contribution >= 4 is 75.9 Å². The minimum Gasteiger partial charge on any atom is -0.477 e. The number of carboxylic acid groups (broad SMARTS) is 1. The summed E-state index contributed by atoms with van der Waals surface area (Å²) in [6, 6.07) is 3.49. The highest BCUT2D eigenvalue weighted by atomic mass is 32.2. The minimum absolute atomic E-state index is 0.0324. The van der Waals surface area contributed by atoms with Crippen LogP contribution in [-0.4, -0.2) is 78.1 Å². The number of carbonyl (C=O) groups excluding carboxylic acids is 2. The first-order valence-electron chi connectivity index (χ1n) is 10.8. The zero-order valence-electron chi connectivity index (χ0n) is 19.4. The van der Waals surface area contributed by atoms with Crippen LogP contribution in [0.4, 0.5) is 5.82 Å². The number of oxime groups is 1. The Hall–Kier alpha value is -2.79. The molecule has 2 amide bonds. The number of hydrogen-bond donors (Lipinski definition) is 5. The number of nitrogen functional groups attached to an aromatic ring is 1. The molecule has 0 aliphatic carbocycles. The zero-order chi connectivity index (χ0) is 26.7. The van der Waals surface area contributed by atoms with Gasteiger partial charge in [0, 0.05) is 28.7 Å². The van der Waals surface area contributed by atoms with Gasteiger partial charge < -0.3 is 27.1 Å². The molecule has 0 saturated carbocycles. The molecular formula is C21H23N7O5S4. The number of pyridine rings is 1. The van der Waals surface area contributed by atoms with E-state index < -0.39 is 34.9 Å². The average molecular weight is 582 g/mol. The molecule has 2 aromatic heterocycles. The first-order chi connectivity index (χ1) is 17.7. The van der Waals surface area contributed by atoms with Crippen molar-refractivity contribution in [2.45, 2.75) is 28.3 Å². The van der Waals surface area contributed by atoms with E-state index in [1.165, 1.54) is 51.9 Å². The number of hydrogen-bond acceptors (Lipinski definition) is 13. The van der Waals surface area contributed by atoms with Gasteiger partial charge in [-0.15, -0.1) is 23.1 Å². The highest BCUT2D eigenvalue weighted by molar-refractivity contribution is 8.07. The van der Waals surface area contributed by atoms with Gasteiger partial charge in [-0.3, -0.25) is 14.5 Å². The van der Waals surface area contributed by atoms with Crippen LogP contribution >= 0.6 is 46.6 Å². The lowest BCUT2D eigenvalue weighted by Crippen LogP contribution is -2.71. The molecule has 2 aliphatic heterocycles. The number of anilines is 1. The number of rotatable bonds is 10. The van der Waals surface area contributed by atoms with Gasteiger partial charge in [-0.25, -0.2) is 14.8 Å². The summed E-state index contributed by atoms with van der Waals surface area (Å²) in [5.41, 5.74) is 11.6. The Morgan fingerprint density at radius 3 is 2.81 bits per heavy atom. The van der Waals surface area contributed by atoms with Crippen LogP contribution in [0.15, 0.2) is 38.2 Å². The van der Waals surface area contributed by atoms with Crippen molar-refractivity contribution in [3.05, 3.63) is 45.2 Å². The summed E-state index contributed by atoms with van der Waals surface area (Å²) in [6.45, 7) is 2.44. The van der Waals surface area contributed by atoms with E-state index in [4.69, 9.17) is 11.5 Å². The van der Waals surface area contributed by atoms with Crippen molar-refractivity contribution in [1.29, 1.82) is 0 Å². The fourth-order valence-electron chi connectivity index (χ4n) is 3.66. The number of fused-ring (bicyclic) bond motifs is 1. The fraction of sp³-hybridized carbons (Fsp3) is 0.333. The summed E-state index contributed by atoms with van der Waals surface area (Å²) in [5.74, 6) is -0.739. The molecule has 4 heterocycles. The number of thioether (sulfide) groups is 3. The summed E-state index contributed by atoms with van der Waals surface area (Å²) in [6.07, 6.45) is 0. The highest BCUT2D eigenvalue weighted by Gasteiger charge is 2.54. The Morgan fingerprint density at radius 2 is 2.14 bits per heavy atom. The van der Waals surface area contributed by atoms with Crippen LogP contribution in [0.2, 0.25) is 0 Å². The third-order valence-corrected chi connectivity index (χ3v) is 10.0. The molecule has 7 N–H and O–H groups in total. The zero-order valence-corrected chi connectivity index (χ0v) is 22.7. The lowest BCUT2D eigenvalue weighted by Gasteiger charge is -2.49. The minimum atomic E-state index is -1.23. The van der Waals surface area contributed by atoms with Crippen LogP contribution < -0.4 is 16.8 Å². The number of nitrogens with one attached hydrogen (secondary N) is 1. The quantitative estimate of drug-likeness (QED) is 0.0887. The summed E-state index contributed by atoms with van der Waals surface area (Å²) in [4.78, 5) is 48.3. The normalized spacial score (nSPS) is 19.5. The second-order valence-electron chi connectivity index (χ2n) is 7.74. The molecule has 0 spiro atoms. The van der Waals surface area contributed by atoms with Gasteiger partial charge in [-0.2, -0.15) is 11.8 Å². The van der Waals surface area contributed by atoms with E-state index in [2.05, 4.69) is 20.4 Å². The third kappa shape index (κ3) is 5.72. The maximum atomic E-state index is 13.0. The lowest BCUT2D eigenvalue weighted by atomic mass is 10.0. The molecular weight excluding hydrogens is 559 g/mol. The average Bonchev–Trinajstić information content (AvgIpc) is 3.21. The number of β-lactam (4-membered cyclic amide) rings is 1. The van der Waals surface area contributed by atoms with Gasteiger partial charge >= 0.3 is 5.97 Å². The van der Waals surface area contributed by atoms with Crippen molar-refractivity contribution in [3.63, 3.8) is 0 Å². The van der Waals surface area contributed by atoms with Gasteiger partial charge in [-0.05, 0) is 19.1 Å². The summed E-state index contributed by atoms with van der Waals surface area (Å²) in [7, 11) is 0. The van der Waals surface area contributed by atoms with Crippen LogP contribution in [-0.2, 0) is 20.1 Å². The Labute approximate surface area is 228 Å². The summed E-state index contributed by atoms with van der Waals surface area (Å²) >= 11 is 5.77. The van der Waals surface area contributed by atoms with E-state index in [0.717, 1.165) is 20.7 Å². The molecule has 16 heteroatoms. The van der Waals surface area contributed by atoms with Gasteiger partial charge in [0.2, 0.25) is 0 Å². The molecule has 2 aliphatic rings. The van der Waals surface area contributed by atoms with E-state index in [1.54, 1.807) is 17.8 Å². The molecule has 12 nitrogen and oxygen atoms in total. The van der Waals surface area contributed by atoms with E-state index in [0.29, 0.717) is 23.0 Å². The summed E-state index contributed by atoms with van der Waals surface area (Å²) in [5, 5.41) is 25.1. The Bertz CT molecular complexity index is 1300. The molecule has 1 fully saturated rings. The van der Waals surface area contributed by atoms with Crippen molar-refractivity contribution < 1.29 is 24.7 Å². The Morgan fingerprint density at radius 1 is 1.35 bits per heavy atom. The number of carbonyl (C=O) groups is 3. The molecule has 2 aromatic rings. The molecule has 1 saturated heterocycles. The molecule has 196 valence electrons. The first kappa shape index (κ1) is 27.3. The molecule has 0 unspecified atom stereocenters. The number of amides is 2. The van der Waals surface area contributed by atoms with Crippen LogP contribution in [0, 0.1) is 6.92 Å². The predicted octanol–water partition coefficient (Wildman–Crippen LogP) is 1.29. The maximum Gasteiger partial charge on any atom is 0.353 e. The number of aromatic nitrogens is 2. The first-order valence-corrected chi connectivity index (χ1v) is 14.7. The molecule has 4 rings (SSSR count). The predicted molar refractivity (Wildman–Crippen MR) is 145 cm³/mol. The van der Waals surface area contributed by atoms with E-state index in [9.17, 15) is 24.7 Å². The second kappa shape index (κ2) is 11.7. The second-order valence-corrected chi connectivity index (χ2v) is 12.5. The molecule has 0 bridgehead atoms. The summed E-state index contributed by atoms with van der Waals surface area (Å²) < 4.78 is 0.881. The molecule has 37 heavy (non-hydrogen) atoms. The van der Waals surface area contributed by atoms with Crippen molar-refractivity contribution in [2.24, 2.45) is 10.9 Å². The lowest BCUT2D eigenvalue weighted by molar-refractivity contribution is -0.150. The monoisotopic (exact) mass is 581 g/mol.